The monoisotopic (exact) mass is 348 g/mol. The first-order chi connectivity index (χ1) is 11.7. The van der Waals surface area contributed by atoms with Crippen molar-refractivity contribution in [2.75, 3.05) is 39.3 Å². The number of hydrogen-bond donors (Lipinski definition) is 1. The Morgan fingerprint density at radius 2 is 1.92 bits per heavy atom. The van der Waals surface area contributed by atoms with E-state index in [1.165, 1.54) is 5.70 Å². The Morgan fingerprint density at radius 3 is 2.62 bits per heavy atom. The average Bonchev–Trinajstić information content (AvgIpc) is 2.62. The molecule has 0 spiro atoms. The number of aliphatic hydroxyl groups excluding tert-OH is 1. The predicted octanol–water partition coefficient (Wildman–Crippen LogP) is 2.50. The molecule has 2 unspecified atom stereocenters. The van der Waals surface area contributed by atoms with Gasteiger partial charge in [0.25, 0.3) is 0 Å². The summed E-state index contributed by atoms with van der Waals surface area (Å²) in [6, 6.07) is 9.62. The number of rotatable bonds is 6. The zero-order valence-corrected chi connectivity index (χ0v) is 14.6. The highest BCUT2D eigenvalue weighted by molar-refractivity contribution is 6.22. The highest BCUT2D eigenvalue weighted by atomic mass is 35.5. The lowest BCUT2D eigenvalue weighted by atomic mass is 10.1. The normalized spacial score (nSPS) is 23.0. The van der Waals surface area contributed by atoms with Crippen LogP contribution in [0.3, 0.4) is 0 Å². The molecule has 1 aliphatic carbocycles. The molecule has 3 rings (SSSR count). The molecule has 0 bridgehead atoms. The van der Waals surface area contributed by atoms with Crippen LogP contribution >= 0.6 is 11.6 Å². The van der Waals surface area contributed by atoms with Gasteiger partial charge in [-0.05, 0) is 24.6 Å². The molecule has 0 radical (unpaired) electrons. The number of hydrogen-bond acceptors (Lipinski definition) is 4. The maximum absolute atomic E-state index is 10.2. The molecule has 2 aliphatic rings. The molecule has 1 aliphatic heterocycles. The van der Waals surface area contributed by atoms with E-state index in [2.05, 4.69) is 28.0 Å². The standard InChI is InChI=1S/C19H25ClN2O2/c20-18-8-4-5-9-19(18)22-12-10-21(11-13-22)14-16(23)15-24-17-6-2-1-3-7-17/h1-7,9,16,18,23H,8,10-15H2. The van der Waals surface area contributed by atoms with Crippen LogP contribution in [0.25, 0.3) is 0 Å². The van der Waals surface area contributed by atoms with Crippen molar-refractivity contribution in [2.45, 2.75) is 17.9 Å². The number of benzene rings is 1. The van der Waals surface area contributed by atoms with Crippen LogP contribution < -0.4 is 4.74 Å². The second-order valence-corrected chi connectivity index (χ2v) is 6.82. The molecular weight excluding hydrogens is 324 g/mol. The molecule has 1 saturated heterocycles. The number of ether oxygens (including phenoxy) is 1. The van der Waals surface area contributed by atoms with Crippen molar-refractivity contribution in [1.82, 2.24) is 9.80 Å². The Morgan fingerprint density at radius 1 is 1.17 bits per heavy atom. The van der Waals surface area contributed by atoms with Crippen molar-refractivity contribution in [3.05, 3.63) is 54.3 Å². The van der Waals surface area contributed by atoms with Gasteiger partial charge in [0.05, 0.1) is 5.38 Å². The van der Waals surface area contributed by atoms with E-state index in [0.29, 0.717) is 13.2 Å². The van der Waals surface area contributed by atoms with Crippen LogP contribution in [0, 0.1) is 0 Å². The smallest absolute Gasteiger partial charge is 0.119 e. The third-order valence-electron chi connectivity index (χ3n) is 4.46. The summed E-state index contributed by atoms with van der Waals surface area (Å²) in [4.78, 5) is 4.66. The maximum Gasteiger partial charge on any atom is 0.119 e. The van der Waals surface area contributed by atoms with Crippen molar-refractivity contribution in [1.29, 1.82) is 0 Å². The van der Waals surface area contributed by atoms with Crippen molar-refractivity contribution in [2.24, 2.45) is 0 Å². The van der Waals surface area contributed by atoms with E-state index in [0.717, 1.165) is 38.3 Å². The number of aliphatic hydroxyl groups is 1. The molecule has 4 nitrogen and oxygen atoms in total. The van der Waals surface area contributed by atoms with Crippen LogP contribution in [0.1, 0.15) is 6.42 Å². The van der Waals surface area contributed by atoms with Crippen LogP contribution in [0.2, 0.25) is 0 Å². The quantitative estimate of drug-likeness (QED) is 0.801. The van der Waals surface area contributed by atoms with E-state index in [1.54, 1.807) is 0 Å². The minimum absolute atomic E-state index is 0.0893. The average molecular weight is 349 g/mol. The highest BCUT2D eigenvalue weighted by Gasteiger charge is 2.24. The summed E-state index contributed by atoms with van der Waals surface area (Å²) >= 11 is 6.40. The third kappa shape index (κ3) is 4.76. The fourth-order valence-corrected chi connectivity index (χ4v) is 3.46. The molecule has 2 atom stereocenters. The van der Waals surface area contributed by atoms with Gasteiger partial charge in [-0.15, -0.1) is 11.6 Å². The molecule has 5 heteroatoms. The molecule has 24 heavy (non-hydrogen) atoms. The molecule has 0 saturated carbocycles. The fourth-order valence-electron chi connectivity index (χ4n) is 3.14. The van der Waals surface area contributed by atoms with Crippen LogP contribution in [0.5, 0.6) is 5.75 Å². The van der Waals surface area contributed by atoms with Gasteiger partial charge in [0.1, 0.15) is 18.5 Å². The minimum Gasteiger partial charge on any atom is -0.491 e. The number of piperazine rings is 1. The minimum atomic E-state index is -0.477. The zero-order chi connectivity index (χ0) is 16.8. The van der Waals surface area contributed by atoms with Gasteiger partial charge in [-0.25, -0.2) is 0 Å². The van der Waals surface area contributed by atoms with Gasteiger partial charge in [0.15, 0.2) is 0 Å². The maximum atomic E-state index is 10.2. The van der Waals surface area contributed by atoms with E-state index >= 15 is 0 Å². The third-order valence-corrected chi connectivity index (χ3v) is 4.86. The van der Waals surface area contributed by atoms with Crippen LogP contribution in [-0.4, -0.2) is 65.7 Å². The second-order valence-electron chi connectivity index (χ2n) is 6.29. The summed E-state index contributed by atoms with van der Waals surface area (Å²) in [6.07, 6.45) is 6.75. The van der Waals surface area contributed by atoms with E-state index in [4.69, 9.17) is 16.3 Å². The highest BCUT2D eigenvalue weighted by Crippen LogP contribution is 2.23. The summed E-state index contributed by atoms with van der Waals surface area (Å²) < 4.78 is 5.62. The summed E-state index contributed by atoms with van der Waals surface area (Å²) in [6.45, 7) is 4.75. The number of β-amino-alcohol motifs (C(OH)–C–C–N with tert-alkyl or cyclic N) is 1. The molecule has 130 valence electrons. The van der Waals surface area contributed by atoms with Crippen molar-refractivity contribution in [3.8, 4) is 5.75 Å². The lowest BCUT2D eigenvalue weighted by molar-refractivity contribution is 0.0511. The van der Waals surface area contributed by atoms with Crippen molar-refractivity contribution in [3.63, 3.8) is 0 Å². The fraction of sp³-hybridized carbons (Fsp3) is 0.474. The lowest BCUT2D eigenvalue weighted by Crippen LogP contribution is -2.49. The SMILES string of the molecule is OC(COc1ccccc1)CN1CCN(C2=CC=CCC2Cl)CC1. The van der Waals surface area contributed by atoms with Crippen LogP contribution in [-0.2, 0) is 0 Å². The molecule has 0 aromatic heterocycles. The molecule has 1 N–H and O–H groups in total. The van der Waals surface area contributed by atoms with Crippen LogP contribution in [0.4, 0.5) is 0 Å². The van der Waals surface area contributed by atoms with Gasteiger partial charge in [0, 0.05) is 38.4 Å². The van der Waals surface area contributed by atoms with Gasteiger partial charge >= 0.3 is 0 Å². The molecule has 1 aromatic rings. The predicted molar refractivity (Wildman–Crippen MR) is 97.4 cm³/mol. The molecule has 1 aromatic carbocycles. The lowest BCUT2D eigenvalue weighted by Gasteiger charge is -2.39. The number of nitrogens with zero attached hydrogens (tertiary/aromatic N) is 2. The summed E-state index contributed by atoms with van der Waals surface area (Å²) in [5, 5.41) is 10.3. The topological polar surface area (TPSA) is 35.9 Å². The second kappa shape index (κ2) is 8.56. The first kappa shape index (κ1) is 17.3. The van der Waals surface area contributed by atoms with E-state index < -0.39 is 6.10 Å². The van der Waals surface area contributed by atoms with E-state index in [-0.39, 0.29) is 5.38 Å². The molecular formula is C19H25ClN2O2. The van der Waals surface area contributed by atoms with Crippen LogP contribution in [0.15, 0.2) is 54.3 Å². The number of halogens is 1. The summed E-state index contributed by atoms with van der Waals surface area (Å²) in [7, 11) is 0. The zero-order valence-electron chi connectivity index (χ0n) is 13.9. The van der Waals surface area contributed by atoms with Gasteiger partial charge < -0.3 is 14.7 Å². The van der Waals surface area contributed by atoms with E-state index in [1.807, 2.05) is 30.3 Å². The first-order valence-corrected chi connectivity index (χ1v) is 9.00. The largest absolute Gasteiger partial charge is 0.491 e. The Bertz CT molecular complexity index is 568. The molecule has 1 heterocycles. The van der Waals surface area contributed by atoms with Gasteiger partial charge in [-0.2, -0.15) is 0 Å². The number of para-hydroxylation sites is 1. The van der Waals surface area contributed by atoms with Gasteiger partial charge in [-0.3, -0.25) is 4.90 Å². The van der Waals surface area contributed by atoms with E-state index in [9.17, 15) is 5.11 Å². The van der Waals surface area contributed by atoms with Gasteiger partial charge in [0.2, 0.25) is 0 Å². The Kier molecular flexibility index (Phi) is 6.18. The van der Waals surface area contributed by atoms with Crippen molar-refractivity contribution >= 4 is 11.6 Å². The number of alkyl halides is 1. The molecule has 0 amide bonds. The van der Waals surface area contributed by atoms with Gasteiger partial charge in [-0.1, -0.05) is 30.4 Å². The van der Waals surface area contributed by atoms with Crippen molar-refractivity contribution < 1.29 is 9.84 Å². The Labute approximate surface area is 149 Å². The first-order valence-electron chi connectivity index (χ1n) is 8.56. The Balaban J connectivity index is 1.40. The number of allylic oxidation sites excluding steroid dienone is 4. The summed E-state index contributed by atoms with van der Waals surface area (Å²) in [5.74, 6) is 0.798. The molecule has 1 fully saturated rings. The Hall–Kier alpha value is -1.49. The summed E-state index contributed by atoms with van der Waals surface area (Å²) in [5.41, 5.74) is 1.23.